The summed E-state index contributed by atoms with van der Waals surface area (Å²) in [5.74, 6) is 0.575. The Morgan fingerprint density at radius 3 is 2.89 bits per heavy atom. The van der Waals surface area contributed by atoms with E-state index >= 15 is 0 Å². The van der Waals surface area contributed by atoms with Crippen LogP contribution < -0.4 is 10.0 Å². The molecule has 2 saturated heterocycles. The first-order chi connectivity index (χ1) is 13.3. The van der Waals surface area contributed by atoms with Crippen molar-refractivity contribution in [3.63, 3.8) is 0 Å². The van der Waals surface area contributed by atoms with Gasteiger partial charge in [0.15, 0.2) is 10.3 Å². The molecule has 2 N–H and O–H groups in total. The summed E-state index contributed by atoms with van der Waals surface area (Å²) in [5.41, 5.74) is 0.713. The van der Waals surface area contributed by atoms with Crippen molar-refractivity contribution in [2.45, 2.75) is 43.2 Å². The first kappa shape index (κ1) is 19.9. The van der Waals surface area contributed by atoms with Crippen LogP contribution in [0.15, 0.2) is 29.3 Å². The normalized spacial score (nSPS) is 25.0. The maximum absolute atomic E-state index is 13.0. The zero-order valence-corrected chi connectivity index (χ0v) is 17.7. The molecule has 2 aliphatic rings. The molecule has 1 aromatic carbocycles. The lowest BCUT2D eigenvalue weighted by Crippen LogP contribution is -2.33. The molecule has 0 bridgehead atoms. The molecule has 0 radical (unpaired) electrons. The van der Waals surface area contributed by atoms with Crippen molar-refractivity contribution in [1.29, 1.82) is 0 Å². The lowest BCUT2D eigenvalue weighted by molar-refractivity contribution is 0.242. The van der Waals surface area contributed by atoms with Crippen molar-refractivity contribution >= 4 is 43.8 Å². The fourth-order valence-corrected chi connectivity index (χ4v) is 6.36. The second-order valence-corrected chi connectivity index (χ2v) is 10.4. The first-order valence-corrected chi connectivity index (χ1v) is 11.9. The Hall–Kier alpha value is -1.42. The van der Waals surface area contributed by atoms with Gasteiger partial charge in [0.25, 0.3) is 10.0 Å². The first-order valence-electron chi connectivity index (χ1n) is 9.27. The lowest BCUT2D eigenvalue weighted by Gasteiger charge is -2.23. The second-order valence-electron chi connectivity index (χ2n) is 7.38. The summed E-state index contributed by atoms with van der Waals surface area (Å²) < 4.78 is 40.2. The van der Waals surface area contributed by atoms with E-state index in [1.807, 2.05) is 0 Å². The van der Waals surface area contributed by atoms with Gasteiger partial charge in [-0.3, -0.25) is 9.62 Å². The standard InChI is InChI=1S/C18H22ClFN4O2S2/c1-11-2-5-16-12(6-7-24(11)16)9-21-15-4-3-13(8-14(15)19)28(25,26)23-18-22-10-17(20)27-18/h3-4,8,10-12,16,21H,2,5-7,9H2,1H3,(H,22,23)/t11?,12-,16?/m0/s1. The molecule has 0 aliphatic carbocycles. The van der Waals surface area contributed by atoms with E-state index in [1.165, 1.54) is 31.4 Å². The Kier molecular flexibility index (Phi) is 5.52. The number of sulfonamides is 1. The Morgan fingerprint density at radius 1 is 1.36 bits per heavy atom. The van der Waals surface area contributed by atoms with E-state index in [0.717, 1.165) is 19.3 Å². The number of fused-ring (bicyclic) bond motifs is 1. The average Bonchev–Trinajstić information content (AvgIpc) is 3.33. The molecule has 152 valence electrons. The van der Waals surface area contributed by atoms with E-state index in [-0.39, 0.29) is 10.0 Å². The summed E-state index contributed by atoms with van der Waals surface area (Å²) in [6.45, 7) is 4.25. The summed E-state index contributed by atoms with van der Waals surface area (Å²) in [4.78, 5) is 6.28. The monoisotopic (exact) mass is 444 g/mol. The highest BCUT2D eigenvalue weighted by Crippen LogP contribution is 2.37. The van der Waals surface area contributed by atoms with Gasteiger partial charge in [-0.05, 0) is 56.8 Å². The highest BCUT2D eigenvalue weighted by molar-refractivity contribution is 7.93. The number of anilines is 2. The van der Waals surface area contributed by atoms with Gasteiger partial charge < -0.3 is 5.32 Å². The van der Waals surface area contributed by atoms with Crippen LogP contribution in [0.1, 0.15) is 26.2 Å². The SMILES string of the molecule is CC1CCC2[C@H](CNc3ccc(S(=O)(=O)Nc4ncc(F)s4)cc3Cl)CCN12. The third kappa shape index (κ3) is 3.98. The minimum atomic E-state index is -3.88. The number of hydrogen-bond donors (Lipinski definition) is 2. The van der Waals surface area contributed by atoms with Crippen LogP contribution in [0.3, 0.4) is 0 Å². The van der Waals surface area contributed by atoms with E-state index in [2.05, 4.69) is 26.8 Å². The van der Waals surface area contributed by atoms with Crippen molar-refractivity contribution in [3.05, 3.63) is 34.5 Å². The van der Waals surface area contributed by atoms with Crippen LogP contribution in [0.5, 0.6) is 0 Å². The molecule has 0 saturated carbocycles. The number of nitrogens with one attached hydrogen (secondary N) is 2. The van der Waals surface area contributed by atoms with E-state index < -0.39 is 15.2 Å². The van der Waals surface area contributed by atoms with E-state index in [1.54, 1.807) is 6.07 Å². The van der Waals surface area contributed by atoms with Crippen molar-refractivity contribution < 1.29 is 12.8 Å². The fourth-order valence-electron chi connectivity index (χ4n) is 4.23. The zero-order chi connectivity index (χ0) is 19.9. The molecule has 1 aromatic heterocycles. The fraction of sp³-hybridized carbons (Fsp3) is 0.500. The molecule has 10 heteroatoms. The molecule has 0 amide bonds. The van der Waals surface area contributed by atoms with Crippen LogP contribution in [0.25, 0.3) is 0 Å². The van der Waals surface area contributed by atoms with Gasteiger partial charge in [0, 0.05) is 18.6 Å². The van der Waals surface area contributed by atoms with Crippen molar-refractivity contribution in [2.75, 3.05) is 23.1 Å². The minimum Gasteiger partial charge on any atom is -0.384 e. The number of rotatable bonds is 6. The molecule has 4 rings (SSSR count). The summed E-state index contributed by atoms with van der Waals surface area (Å²) in [6, 6.07) is 5.85. The Morgan fingerprint density at radius 2 is 2.18 bits per heavy atom. The van der Waals surface area contributed by atoms with Crippen LogP contribution in [-0.4, -0.2) is 43.5 Å². The van der Waals surface area contributed by atoms with Crippen LogP contribution >= 0.6 is 22.9 Å². The van der Waals surface area contributed by atoms with Gasteiger partial charge >= 0.3 is 0 Å². The van der Waals surface area contributed by atoms with Gasteiger partial charge in [-0.15, -0.1) is 0 Å². The van der Waals surface area contributed by atoms with Gasteiger partial charge in [-0.25, -0.2) is 13.4 Å². The van der Waals surface area contributed by atoms with E-state index in [4.69, 9.17) is 11.6 Å². The molecule has 3 atom stereocenters. The molecular formula is C18H22ClFN4O2S2. The van der Waals surface area contributed by atoms with Gasteiger partial charge in [0.1, 0.15) is 0 Å². The third-order valence-corrected chi connectivity index (χ3v) is 8.16. The van der Waals surface area contributed by atoms with Gasteiger partial charge in [0.05, 0.1) is 21.8 Å². The van der Waals surface area contributed by atoms with Crippen LogP contribution in [0.4, 0.5) is 15.2 Å². The Bertz CT molecular complexity index is 968. The number of nitrogens with zero attached hydrogens (tertiary/aromatic N) is 2. The summed E-state index contributed by atoms with van der Waals surface area (Å²) in [5, 5.41) is 3.14. The maximum Gasteiger partial charge on any atom is 0.263 e. The Labute approximate surface area is 173 Å². The molecule has 2 unspecified atom stereocenters. The molecule has 28 heavy (non-hydrogen) atoms. The molecular weight excluding hydrogens is 423 g/mol. The topological polar surface area (TPSA) is 74.3 Å². The van der Waals surface area contributed by atoms with Gasteiger partial charge in [-0.1, -0.05) is 22.9 Å². The zero-order valence-electron chi connectivity index (χ0n) is 15.4. The molecule has 3 heterocycles. The minimum absolute atomic E-state index is 0.00955. The molecule has 2 fully saturated rings. The highest BCUT2D eigenvalue weighted by atomic mass is 35.5. The number of hydrogen-bond acceptors (Lipinski definition) is 6. The van der Waals surface area contributed by atoms with Crippen molar-refractivity contribution in [2.24, 2.45) is 5.92 Å². The summed E-state index contributed by atoms with van der Waals surface area (Å²) in [7, 11) is -3.88. The number of benzene rings is 1. The Balaban J connectivity index is 1.42. The van der Waals surface area contributed by atoms with Crippen molar-refractivity contribution in [1.82, 2.24) is 9.88 Å². The molecule has 0 spiro atoms. The van der Waals surface area contributed by atoms with Gasteiger partial charge in [-0.2, -0.15) is 4.39 Å². The summed E-state index contributed by atoms with van der Waals surface area (Å²) in [6.07, 6.45) is 4.63. The smallest absolute Gasteiger partial charge is 0.263 e. The predicted octanol–water partition coefficient (Wildman–Crippen LogP) is 4.02. The molecule has 2 aliphatic heterocycles. The van der Waals surface area contributed by atoms with E-state index in [9.17, 15) is 12.8 Å². The maximum atomic E-state index is 13.0. The molecule has 6 nitrogen and oxygen atoms in total. The second kappa shape index (κ2) is 7.78. The number of halogens is 2. The van der Waals surface area contributed by atoms with Crippen LogP contribution in [-0.2, 0) is 10.0 Å². The quantitative estimate of drug-likeness (QED) is 0.703. The highest BCUT2D eigenvalue weighted by Gasteiger charge is 2.40. The van der Waals surface area contributed by atoms with Crippen LogP contribution in [0, 0.1) is 11.0 Å². The third-order valence-electron chi connectivity index (χ3n) is 5.68. The number of aromatic nitrogens is 1. The van der Waals surface area contributed by atoms with Crippen molar-refractivity contribution in [3.8, 4) is 0 Å². The van der Waals surface area contributed by atoms with Gasteiger partial charge in [0.2, 0.25) is 0 Å². The number of thiazole rings is 1. The van der Waals surface area contributed by atoms with E-state index in [0.29, 0.717) is 40.0 Å². The average molecular weight is 445 g/mol. The predicted molar refractivity (Wildman–Crippen MR) is 110 cm³/mol. The van der Waals surface area contributed by atoms with Crippen LogP contribution in [0.2, 0.25) is 5.02 Å². The lowest BCUT2D eigenvalue weighted by atomic mass is 9.98. The summed E-state index contributed by atoms with van der Waals surface area (Å²) >= 11 is 6.95. The largest absolute Gasteiger partial charge is 0.384 e. The molecule has 2 aromatic rings.